The summed E-state index contributed by atoms with van der Waals surface area (Å²) in [6.07, 6.45) is 0. The number of rotatable bonds is 3. The Hall–Kier alpha value is -0.900. The molecule has 1 rings (SSSR count). The molecule has 0 aliphatic carbocycles. The van der Waals surface area contributed by atoms with Gasteiger partial charge in [0.05, 0.1) is 14.1 Å². The zero-order chi connectivity index (χ0) is 12.6. The molecule has 0 saturated heterocycles. The van der Waals surface area contributed by atoms with Crippen LogP contribution in [0.15, 0.2) is 30.3 Å². The maximum Gasteiger partial charge on any atom is 0.105 e. The predicted octanol–water partition coefficient (Wildman–Crippen LogP) is 2.22. The maximum atomic E-state index is 8.76. The molecule has 0 bridgehead atoms. The van der Waals surface area contributed by atoms with E-state index in [9.17, 15) is 0 Å². The lowest BCUT2D eigenvalue weighted by Crippen LogP contribution is -2.34. The van der Waals surface area contributed by atoms with Crippen molar-refractivity contribution in [3.8, 4) is 0 Å². The summed E-state index contributed by atoms with van der Waals surface area (Å²) in [5, 5.41) is 8.76. The van der Waals surface area contributed by atoms with Gasteiger partial charge in [-0.25, -0.2) is 5.21 Å². The van der Waals surface area contributed by atoms with Gasteiger partial charge >= 0.3 is 0 Å². The quantitative estimate of drug-likeness (QED) is 0.630. The lowest BCUT2D eigenvalue weighted by atomic mass is 10.2. The van der Waals surface area contributed by atoms with Crippen LogP contribution in [-0.4, -0.2) is 49.5 Å². The van der Waals surface area contributed by atoms with Crippen LogP contribution >= 0.6 is 0 Å². The molecule has 0 spiro atoms. The van der Waals surface area contributed by atoms with Crippen LogP contribution in [-0.2, 0) is 6.54 Å². The number of nitrogens with zero attached hydrogens (tertiary/aromatic N) is 2. The van der Waals surface area contributed by atoms with Gasteiger partial charge in [-0.15, -0.1) is 0 Å². The van der Waals surface area contributed by atoms with Gasteiger partial charge in [-0.2, -0.15) is 4.65 Å². The first-order valence-electron chi connectivity index (χ1n) is 5.59. The molecule has 0 heterocycles. The Balaban J connectivity index is 0.000000325. The molecule has 1 N–H and O–H groups in total. The van der Waals surface area contributed by atoms with E-state index in [-0.39, 0.29) is 4.65 Å². The minimum Gasteiger partial charge on any atom is -0.305 e. The largest absolute Gasteiger partial charge is 0.305 e. The average molecular weight is 225 g/mol. The number of hydrogen-bond acceptors (Lipinski definition) is 2. The van der Waals surface area contributed by atoms with E-state index in [0.29, 0.717) is 0 Å². The van der Waals surface area contributed by atoms with Crippen LogP contribution in [0.25, 0.3) is 0 Å². The van der Waals surface area contributed by atoms with Crippen molar-refractivity contribution in [2.24, 2.45) is 0 Å². The molecule has 3 nitrogen and oxygen atoms in total. The summed E-state index contributed by atoms with van der Waals surface area (Å²) in [4.78, 5) is 2.16. The van der Waals surface area contributed by atoms with Crippen LogP contribution in [0.5, 0.6) is 0 Å². The molecule has 0 aliphatic rings. The van der Waals surface area contributed by atoms with Crippen molar-refractivity contribution >= 4 is 0 Å². The van der Waals surface area contributed by atoms with Crippen molar-refractivity contribution in [1.29, 1.82) is 0 Å². The fraction of sp³-hybridized carbons (Fsp3) is 0.538. The molecule has 16 heavy (non-hydrogen) atoms. The SMILES string of the molecule is CC[N+](C)(C)O.CN(C)Cc1ccccc1. The first-order chi connectivity index (χ1) is 7.35. The fourth-order valence-corrected chi connectivity index (χ4v) is 0.949. The smallest absolute Gasteiger partial charge is 0.105 e. The molecule has 0 aromatic heterocycles. The van der Waals surface area contributed by atoms with Crippen molar-refractivity contribution in [3.63, 3.8) is 0 Å². The monoisotopic (exact) mass is 225 g/mol. The average Bonchev–Trinajstić information content (AvgIpc) is 2.18. The standard InChI is InChI=1S/C9H13N.C4H12NO/c1-10(2)8-9-6-4-3-5-7-9;1-4-5(2,3)6/h3-7H,8H2,1-2H3;6H,4H2,1-3H3/q;+1. The van der Waals surface area contributed by atoms with Gasteiger partial charge in [-0.1, -0.05) is 30.3 Å². The molecular weight excluding hydrogens is 200 g/mol. The summed E-state index contributed by atoms with van der Waals surface area (Å²) in [5.74, 6) is 0. The van der Waals surface area contributed by atoms with Crippen molar-refractivity contribution in [2.45, 2.75) is 13.5 Å². The topological polar surface area (TPSA) is 23.5 Å². The van der Waals surface area contributed by atoms with Gasteiger partial charge in [-0.3, -0.25) is 0 Å². The summed E-state index contributed by atoms with van der Waals surface area (Å²) in [5.41, 5.74) is 1.37. The van der Waals surface area contributed by atoms with E-state index in [1.807, 2.05) is 13.0 Å². The summed E-state index contributed by atoms with van der Waals surface area (Å²) in [7, 11) is 7.62. The highest BCUT2D eigenvalue weighted by Gasteiger charge is 2.02. The second-order valence-corrected chi connectivity index (χ2v) is 4.66. The molecule has 1 aromatic carbocycles. The van der Waals surface area contributed by atoms with Crippen LogP contribution in [0.3, 0.4) is 0 Å². The van der Waals surface area contributed by atoms with E-state index in [1.54, 1.807) is 14.1 Å². The van der Waals surface area contributed by atoms with Crippen LogP contribution in [0.1, 0.15) is 12.5 Å². The molecule has 0 saturated carbocycles. The van der Waals surface area contributed by atoms with Crippen molar-refractivity contribution in [2.75, 3.05) is 34.7 Å². The second-order valence-electron chi connectivity index (χ2n) is 4.66. The third-order valence-electron chi connectivity index (χ3n) is 2.12. The zero-order valence-corrected chi connectivity index (χ0v) is 11.1. The molecule has 92 valence electrons. The Kier molecular flexibility index (Phi) is 6.97. The van der Waals surface area contributed by atoms with Gasteiger partial charge in [0.15, 0.2) is 0 Å². The highest BCUT2D eigenvalue weighted by Crippen LogP contribution is 1.99. The molecule has 0 atom stereocenters. The normalized spacial score (nSPS) is 10.9. The molecular formula is C13H25N2O+. The Morgan fingerprint density at radius 1 is 1.12 bits per heavy atom. The van der Waals surface area contributed by atoms with E-state index in [1.165, 1.54) is 5.56 Å². The number of quaternary nitrogens is 1. The molecule has 0 amide bonds. The predicted molar refractivity (Wildman–Crippen MR) is 68.3 cm³/mol. The Labute approximate surface area is 99.5 Å². The summed E-state index contributed by atoms with van der Waals surface area (Å²) >= 11 is 0. The van der Waals surface area contributed by atoms with Crippen LogP contribution in [0, 0.1) is 0 Å². The van der Waals surface area contributed by atoms with Gasteiger partial charge in [0.2, 0.25) is 0 Å². The van der Waals surface area contributed by atoms with E-state index in [4.69, 9.17) is 5.21 Å². The molecule has 0 aliphatic heterocycles. The Morgan fingerprint density at radius 3 is 1.88 bits per heavy atom. The fourth-order valence-electron chi connectivity index (χ4n) is 0.949. The Morgan fingerprint density at radius 2 is 1.56 bits per heavy atom. The minimum absolute atomic E-state index is 0.0694. The summed E-state index contributed by atoms with van der Waals surface area (Å²) in [6.45, 7) is 3.72. The van der Waals surface area contributed by atoms with E-state index < -0.39 is 0 Å². The van der Waals surface area contributed by atoms with Gasteiger partial charge in [-0.05, 0) is 26.6 Å². The highest BCUT2D eigenvalue weighted by molar-refractivity contribution is 5.14. The Bertz CT molecular complexity index is 265. The highest BCUT2D eigenvalue weighted by atomic mass is 16.5. The third kappa shape index (κ3) is 9.65. The lowest BCUT2D eigenvalue weighted by molar-refractivity contribution is -1.07. The van der Waals surface area contributed by atoms with Crippen molar-refractivity contribution in [1.82, 2.24) is 4.90 Å². The zero-order valence-electron chi connectivity index (χ0n) is 11.1. The van der Waals surface area contributed by atoms with Crippen LogP contribution in [0.2, 0.25) is 0 Å². The number of hydrogen-bond donors (Lipinski definition) is 1. The maximum absolute atomic E-state index is 8.76. The van der Waals surface area contributed by atoms with Crippen LogP contribution < -0.4 is 0 Å². The molecule has 0 unspecified atom stereocenters. The lowest BCUT2D eigenvalue weighted by Gasteiger charge is -2.15. The first kappa shape index (κ1) is 15.1. The number of benzene rings is 1. The first-order valence-corrected chi connectivity index (χ1v) is 5.59. The van der Waals surface area contributed by atoms with Crippen LogP contribution in [0.4, 0.5) is 0 Å². The van der Waals surface area contributed by atoms with E-state index in [2.05, 4.69) is 43.3 Å². The van der Waals surface area contributed by atoms with Gasteiger partial charge in [0, 0.05) is 6.54 Å². The minimum atomic E-state index is 0.0694. The summed E-state index contributed by atoms with van der Waals surface area (Å²) in [6, 6.07) is 10.5. The van der Waals surface area contributed by atoms with Gasteiger partial charge < -0.3 is 4.90 Å². The van der Waals surface area contributed by atoms with Gasteiger partial charge in [0.1, 0.15) is 6.54 Å². The van der Waals surface area contributed by atoms with E-state index in [0.717, 1.165) is 13.1 Å². The molecule has 0 radical (unpaired) electrons. The van der Waals surface area contributed by atoms with E-state index >= 15 is 0 Å². The second kappa shape index (κ2) is 7.39. The van der Waals surface area contributed by atoms with Gasteiger partial charge in [0.25, 0.3) is 0 Å². The molecule has 1 aromatic rings. The van der Waals surface area contributed by atoms with Crippen molar-refractivity contribution in [3.05, 3.63) is 35.9 Å². The third-order valence-corrected chi connectivity index (χ3v) is 2.12. The summed E-state index contributed by atoms with van der Waals surface area (Å²) < 4.78 is 0.0694. The molecule has 0 fully saturated rings. The number of hydroxylamine groups is 3. The van der Waals surface area contributed by atoms with Crippen molar-refractivity contribution < 1.29 is 9.85 Å². The molecule has 3 heteroatoms.